The average Bonchev–Trinajstić information content (AvgIpc) is 2.41. The topological polar surface area (TPSA) is 50.4 Å². The normalized spacial score (nSPS) is 19.7. The summed E-state index contributed by atoms with van der Waals surface area (Å²) in [7, 11) is 1.72. The highest BCUT2D eigenvalue weighted by Crippen LogP contribution is 2.15. The van der Waals surface area contributed by atoms with Gasteiger partial charge in [-0.1, -0.05) is 0 Å². The molecular formula is C14H28N2O2. The molecule has 18 heavy (non-hydrogen) atoms. The van der Waals surface area contributed by atoms with E-state index in [1.807, 2.05) is 0 Å². The van der Waals surface area contributed by atoms with Crippen LogP contribution in [0.25, 0.3) is 0 Å². The number of carbonyl (C=O) groups is 1. The number of amides is 1. The first kappa shape index (κ1) is 15.4. The molecule has 1 aliphatic rings. The second-order valence-corrected chi connectivity index (χ2v) is 5.15. The maximum atomic E-state index is 11.6. The Morgan fingerprint density at radius 1 is 1.39 bits per heavy atom. The average molecular weight is 256 g/mol. The molecule has 4 heteroatoms. The Kier molecular flexibility index (Phi) is 8.86. The van der Waals surface area contributed by atoms with Crippen molar-refractivity contribution < 1.29 is 9.53 Å². The third-order valence-electron chi connectivity index (χ3n) is 3.53. The maximum Gasteiger partial charge on any atom is 0.220 e. The van der Waals surface area contributed by atoms with Gasteiger partial charge in [-0.25, -0.2) is 0 Å². The fraction of sp³-hybridized carbons (Fsp3) is 0.929. The van der Waals surface area contributed by atoms with Gasteiger partial charge in [-0.3, -0.25) is 4.79 Å². The molecule has 0 aromatic rings. The van der Waals surface area contributed by atoms with Crippen molar-refractivity contribution in [2.24, 2.45) is 5.92 Å². The molecule has 106 valence electrons. The molecule has 1 rings (SSSR count). The van der Waals surface area contributed by atoms with Crippen molar-refractivity contribution in [1.82, 2.24) is 10.6 Å². The Morgan fingerprint density at radius 3 is 3.00 bits per heavy atom. The van der Waals surface area contributed by atoms with Gasteiger partial charge in [-0.15, -0.1) is 0 Å². The number of rotatable bonds is 9. The first-order chi connectivity index (χ1) is 8.83. The molecule has 1 unspecified atom stereocenters. The van der Waals surface area contributed by atoms with Crippen LogP contribution in [-0.2, 0) is 9.53 Å². The maximum absolute atomic E-state index is 11.6. The number of carbonyl (C=O) groups excluding carboxylic acids is 1. The minimum Gasteiger partial charge on any atom is -0.385 e. The zero-order valence-corrected chi connectivity index (χ0v) is 11.7. The van der Waals surface area contributed by atoms with E-state index in [0.717, 1.165) is 51.9 Å². The van der Waals surface area contributed by atoms with Crippen molar-refractivity contribution in [3.8, 4) is 0 Å². The second kappa shape index (κ2) is 10.3. The molecule has 0 bridgehead atoms. The van der Waals surface area contributed by atoms with Crippen molar-refractivity contribution in [1.29, 1.82) is 0 Å². The first-order valence-electron chi connectivity index (χ1n) is 7.29. The van der Waals surface area contributed by atoms with Gasteiger partial charge in [0.15, 0.2) is 0 Å². The standard InChI is InChI=1S/C14H28N2O2/c1-18-11-4-2-3-10-16-14(17)8-7-13-6-5-9-15-12-13/h13,15H,2-12H2,1H3,(H,16,17). The molecule has 0 radical (unpaired) electrons. The highest BCUT2D eigenvalue weighted by molar-refractivity contribution is 5.75. The molecule has 0 aromatic carbocycles. The van der Waals surface area contributed by atoms with Crippen LogP contribution >= 0.6 is 0 Å². The van der Waals surface area contributed by atoms with Gasteiger partial charge < -0.3 is 15.4 Å². The van der Waals surface area contributed by atoms with E-state index in [-0.39, 0.29) is 5.91 Å². The van der Waals surface area contributed by atoms with Gasteiger partial charge in [0.05, 0.1) is 0 Å². The minimum atomic E-state index is 0.215. The lowest BCUT2D eigenvalue weighted by molar-refractivity contribution is -0.121. The predicted molar refractivity (Wildman–Crippen MR) is 73.6 cm³/mol. The van der Waals surface area contributed by atoms with Gasteiger partial charge >= 0.3 is 0 Å². The van der Waals surface area contributed by atoms with E-state index in [0.29, 0.717) is 12.3 Å². The number of unbranched alkanes of at least 4 members (excludes halogenated alkanes) is 2. The van der Waals surface area contributed by atoms with Gasteiger partial charge in [0.1, 0.15) is 0 Å². The lowest BCUT2D eigenvalue weighted by atomic mass is 9.94. The molecule has 1 aliphatic heterocycles. The Labute approximate surface area is 111 Å². The third kappa shape index (κ3) is 7.67. The number of methoxy groups -OCH3 is 1. The largest absolute Gasteiger partial charge is 0.385 e. The van der Waals surface area contributed by atoms with Crippen LogP contribution in [0.4, 0.5) is 0 Å². The van der Waals surface area contributed by atoms with Crippen LogP contribution in [-0.4, -0.2) is 39.3 Å². The summed E-state index contributed by atoms with van der Waals surface area (Å²) < 4.78 is 4.98. The van der Waals surface area contributed by atoms with Crippen LogP contribution in [0.5, 0.6) is 0 Å². The van der Waals surface area contributed by atoms with Crippen LogP contribution < -0.4 is 10.6 Å². The van der Waals surface area contributed by atoms with Crippen molar-refractivity contribution in [2.75, 3.05) is 33.4 Å². The fourth-order valence-electron chi connectivity index (χ4n) is 2.37. The SMILES string of the molecule is COCCCCCNC(=O)CCC1CCCNC1. The van der Waals surface area contributed by atoms with Gasteiger partial charge in [0, 0.05) is 26.7 Å². The van der Waals surface area contributed by atoms with E-state index >= 15 is 0 Å². The predicted octanol–water partition coefficient (Wildman–Crippen LogP) is 1.70. The van der Waals surface area contributed by atoms with E-state index in [2.05, 4.69) is 10.6 Å². The third-order valence-corrected chi connectivity index (χ3v) is 3.53. The Bertz CT molecular complexity index is 216. The molecule has 1 saturated heterocycles. The summed E-state index contributed by atoms with van der Waals surface area (Å²) in [5.41, 5.74) is 0. The zero-order chi connectivity index (χ0) is 13.1. The van der Waals surface area contributed by atoms with E-state index in [1.54, 1.807) is 7.11 Å². The minimum absolute atomic E-state index is 0.215. The first-order valence-corrected chi connectivity index (χ1v) is 7.29. The molecule has 1 heterocycles. The fourth-order valence-corrected chi connectivity index (χ4v) is 2.37. The molecule has 4 nitrogen and oxygen atoms in total. The quantitative estimate of drug-likeness (QED) is 0.617. The molecule has 0 aliphatic carbocycles. The summed E-state index contributed by atoms with van der Waals surface area (Å²) in [5.74, 6) is 0.915. The number of nitrogens with one attached hydrogen (secondary N) is 2. The van der Waals surface area contributed by atoms with Crippen molar-refractivity contribution in [3.63, 3.8) is 0 Å². The molecule has 2 N–H and O–H groups in total. The number of ether oxygens (including phenoxy) is 1. The molecular weight excluding hydrogens is 228 g/mol. The monoisotopic (exact) mass is 256 g/mol. The highest BCUT2D eigenvalue weighted by atomic mass is 16.5. The molecule has 0 saturated carbocycles. The summed E-state index contributed by atoms with van der Waals surface area (Å²) in [5, 5.41) is 6.39. The molecule has 1 atom stereocenters. The Hall–Kier alpha value is -0.610. The summed E-state index contributed by atoms with van der Waals surface area (Å²) in [4.78, 5) is 11.6. The van der Waals surface area contributed by atoms with Crippen LogP contribution in [0.1, 0.15) is 44.9 Å². The van der Waals surface area contributed by atoms with Gasteiger partial charge in [-0.2, -0.15) is 0 Å². The summed E-state index contributed by atoms with van der Waals surface area (Å²) in [6.07, 6.45) is 7.51. The lowest BCUT2D eigenvalue weighted by Gasteiger charge is -2.22. The number of hydrogen-bond acceptors (Lipinski definition) is 3. The van der Waals surface area contributed by atoms with Gasteiger partial charge in [0.25, 0.3) is 0 Å². The summed E-state index contributed by atoms with van der Waals surface area (Å²) in [6.45, 7) is 3.86. The van der Waals surface area contributed by atoms with Crippen LogP contribution in [0.3, 0.4) is 0 Å². The van der Waals surface area contributed by atoms with Crippen molar-refractivity contribution in [2.45, 2.75) is 44.9 Å². The van der Waals surface area contributed by atoms with Crippen LogP contribution in [0, 0.1) is 5.92 Å². The van der Waals surface area contributed by atoms with Crippen molar-refractivity contribution >= 4 is 5.91 Å². The second-order valence-electron chi connectivity index (χ2n) is 5.15. The molecule has 0 aromatic heterocycles. The van der Waals surface area contributed by atoms with Crippen LogP contribution in [0.2, 0.25) is 0 Å². The van der Waals surface area contributed by atoms with E-state index in [9.17, 15) is 4.79 Å². The van der Waals surface area contributed by atoms with E-state index < -0.39 is 0 Å². The molecule has 1 amide bonds. The number of piperidine rings is 1. The summed E-state index contributed by atoms with van der Waals surface area (Å²) >= 11 is 0. The zero-order valence-electron chi connectivity index (χ0n) is 11.7. The molecule has 1 fully saturated rings. The highest BCUT2D eigenvalue weighted by Gasteiger charge is 2.13. The Balaban J connectivity index is 1.90. The lowest BCUT2D eigenvalue weighted by Crippen LogP contribution is -2.31. The molecule has 0 spiro atoms. The van der Waals surface area contributed by atoms with Crippen molar-refractivity contribution in [3.05, 3.63) is 0 Å². The van der Waals surface area contributed by atoms with Crippen LogP contribution in [0.15, 0.2) is 0 Å². The summed E-state index contributed by atoms with van der Waals surface area (Å²) in [6, 6.07) is 0. The Morgan fingerprint density at radius 2 is 2.28 bits per heavy atom. The smallest absolute Gasteiger partial charge is 0.220 e. The van der Waals surface area contributed by atoms with E-state index in [4.69, 9.17) is 4.74 Å². The number of hydrogen-bond donors (Lipinski definition) is 2. The van der Waals surface area contributed by atoms with Gasteiger partial charge in [0.2, 0.25) is 5.91 Å². The van der Waals surface area contributed by atoms with E-state index in [1.165, 1.54) is 12.8 Å². The van der Waals surface area contributed by atoms with Gasteiger partial charge in [-0.05, 0) is 57.5 Å².